The van der Waals surface area contributed by atoms with E-state index in [0.29, 0.717) is 12.0 Å². The third kappa shape index (κ3) is 5.06. The fraction of sp³-hybridized carbons (Fsp3) is 0.333. The van der Waals surface area contributed by atoms with Gasteiger partial charge in [0.05, 0.1) is 0 Å². The van der Waals surface area contributed by atoms with E-state index < -0.39 is 23.9 Å². The van der Waals surface area contributed by atoms with Gasteiger partial charge in [0.15, 0.2) is 0 Å². The van der Waals surface area contributed by atoms with Crippen molar-refractivity contribution >= 4 is 29.1 Å². The van der Waals surface area contributed by atoms with Gasteiger partial charge in [-0.1, -0.05) is 0 Å². The quantitative estimate of drug-likeness (QED) is 0.696. The minimum absolute atomic E-state index is 0.0137. The van der Waals surface area contributed by atoms with Crippen LogP contribution in [0.2, 0.25) is 0 Å². The Bertz CT molecular complexity index is 669. The van der Waals surface area contributed by atoms with E-state index in [4.69, 9.17) is 0 Å². The predicted molar refractivity (Wildman–Crippen MR) is 75.9 cm³/mol. The van der Waals surface area contributed by atoms with Gasteiger partial charge in [-0.25, -0.2) is 0 Å². The first kappa shape index (κ1) is 16.9. The molecule has 11 heteroatoms. The van der Waals surface area contributed by atoms with Crippen LogP contribution in [0.4, 0.5) is 19.1 Å². The van der Waals surface area contributed by atoms with Gasteiger partial charge in [0.1, 0.15) is 0 Å². The van der Waals surface area contributed by atoms with Crippen molar-refractivity contribution in [2.45, 2.75) is 19.0 Å². The molecule has 0 fully saturated rings. The monoisotopic (exact) mass is 347 g/mol. The van der Waals surface area contributed by atoms with E-state index in [1.54, 1.807) is 21.9 Å². The second-order valence-corrected chi connectivity index (χ2v) is 5.21. The molecule has 0 radical (unpaired) electrons. The first-order chi connectivity index (χ1) is 10.9. The van der Waals surface area contributed by atoms with Gasteiger partial charge >= 0.3 is 6.18 Å². The Morgan fingerprint density at radius 3 is 2.74 bits per heavy atom. The number of nitrogens with zero attached hydrogens (tertiary/aromatic N) is 2. The van der Waals surface area contributed by atoms with Gasteiger partial charge in [0, 0.05) is 23.9 Å². The summed E-state index contributed by atoms with van der Waals surface area (Å²) in [6, 6.07) is 1.67. The lowest BCUT2D eigenvalue weighted by Crippen LogP contribution is -2.25. The number of H-pyrrole nitrogens is 1. The maximum atomic E-state index is 12.3. The minimum Gasteiger partial charge on any atom is -0.352 e. The SMILES string of the molecule is O=C(CCCNC(=O)c1ccsc1)Nc1n[nH]c(C(F)(F)F)n1. The molecule has 7 nitrogen and oxygen atoms in total. The van der Waals surface area contributed by atoms with Crippen molar-refractivity contribution in [1.82, 2.24) is 20.5 Å². The fourth-order valence-electron chi connectivity index (χ4n) is 1.58. The molecule has 0 spiro atoms. The first-order valence-electron chi connectivity index (χ1n) is 6.46. The van der Waals surface area contributed by atoms with Crippen LogP contribution in [0.3, 0.4) is 0 Å². The van der Waals surface area contributed by atoms with Crippen LogP contribution in [-0.4, -0.2) is 33.5 Å². The lowest BCUT2D eigenvalue weighted by molar-refractivity contribution is -0.144. The summed E-state index contributed by atoms with van der Waals surface area (Å²) in [5, 5.41) is 13.2. The van der Waals surface area contributed by atoms with Crippen LogP contribution < -0.4 is 10.6 Å². The third-order valence-electron chi connectivity index (χ3n) is 2.65. The lowest BCUT2D eigenvalue weighted by Gasteiger charge is -2.03. The summed E-state index contributed by atoms with van der Waals surface area (Å²) in [6.45, 7) is 0.268. The number of carbonyl (C=O) groups excluding carboxylic acids is 2. The molecule has 2 heterocycles. The molecular weight excluding hydrogens is 335 g/mol. The number of aromatic amines is 1. The number of amides is 2. The van der Waals surface area contributed by atoms with Gasteiger partial charge in [-0.2, -0.15) is 29.5 Å². The van der Waals surface area contributed by atoms with Crippen molar-refractivity contribution in [3.05, 3.63) is 28.2 Å². The molecule has 2 aromatic rings. The highest BCUT2D eigenvalue weighted by Gasteiger charge is 2.35. The van der Waals surface area contributed by atoms with Gasteiger partial charge in [-0.05, 0) is 17.9 Å². The zero-order chi connectivity index (χ0) is 16.9. The Hall–Kier alpha value is -2.43. The molecule has 23 heavy (non-hydrogen) atoms. The first-order valence-corrected chi connectivity index (χ1v) is 7.40. The zero-order valence-corrected chi connectivity index (χ0v) is 12.4. The highest BCUT2D eigenvalue weighted by atomic mass is 32.1. The molecule has 0 unspecified atom stereocenters. The van der Waals surface area contributed by atoms with Crippen LogP contribution in [-0.2, 0) is 11.0 Å². The number of carbonyl (C=O) groups is 2. The number of anilines is 1. The third-order valence-corrected chi connectivity index (χ3v) is 3.34. The van der Waals surface area contributed by atoms with E-state index in [1.807, 2.05) is 0 Å². The summed E-state index contributed by atoms with van der Waals surface area (Å²) < 4.78 is 36.9. The molecule has 0 aliphatic rings. The second-order valence-electron chi connectivity index (χ2n) is 4.43. The van der Waals surface area contributed by atoms with Crippen molar-refractivity contribution in [3.8, 4) is 0 Å². The molecule has 0 saturated heterocycles. The average Bonchev–Trinajstić information content (AvgIpc) is 3.13. The van der Waals surface area contributed by atoms with Crippen molar-refractivity contribution in [2.24, 2.45) is 0 Å². The molecule has 2 rings (SSSR count). The number of aromatic nitrogens is 3. The lowest BCUT2D eigenvalue weighted by atomic mass is 10.2. The van der Waals surface area contributed by atoms with Gasteiger partial charge in [-0.3, -0.25) is 20.0 Å². The van der Waals surface area contributed by atoms with E-state index >= 15 is 0 Å². The summed E-state index contributed by atoms with van der Waals surface area (Å²) in [6.07, 6.45) is -4.31. The van der Waals surface area contributed by atoms with E-state index in [2.05, 4.69) is 20.7 Å². The molecule has 2 amide bonds. The predicted octanol–water partition coefficient (Wildman–Crippen LogP) is 2.03. The number of thiophene rings is 1. The molecule has 0 atom stereocenters. The highest BCUT2D eigenvalue weighted by molar-refractivity contribution is 7.08. The van der Waals surface area contributed by atoms with Crippen LogP contribution in [0, 0.1) is 0 Å². The Kier molecular flexibility index (Phi) is 5.32. The summed E-state index contributed by atoms with van der Waals surface area (Å²) >= 11 is 1.40. The Balaban J connectivity index is 1.69. The van der Waals surface area contributed by atoms with Crippen LogP contribution in [0.25, 0.3) is 0 Å². The number of alkyl halides is 3. The maximum absolute atomic E-state index is 12.3. The molecule has 0 bridgehead atoms. The Morgan fingerprint density at radius 1 is 1.35 bits per heavy atom. The van der Waals surface area contributed by atoms with Crippen molar-refractivity contribution < 1.29 is 22.8 Å². The van der Waals surface area contributed by atoms with Gasteiger partial charge in [0.25, 0.3) is 5.91 Å². The van der Waals surface area contributed by atoms with E-state index in [1.165, 1.54) is 11.3 Å². The number of hydrogen-bond acceptors (Lipinski definition) is 5. The summed E-state index contributed by atoms with van der Waals surface area (Å²) in [5.41, 5.74) is 0.542. The Labute approximate surface area is 132 Å². The van der Waals surface area contributed by atoms with Crippen molar-refractivity contribution in [3.63, 3.8) is 0 Å². The van der Waals surface area contributed by atoms with Crippen LogP contribution in [0.1, 0.15) is 29.0 Å². The molecule has 2 aromatic heterocycles. The molecule has 0 aromatic carbocycles. The standard InChI is InChI=1S/C12H12F3N5O2S/c13-12(14,15)10-18-11(20-19-10)17-8(21)2-1-4-16-9(22)7-3-5-23-6-7/h3,5-6H,1-2,4H2,(H,16,22)(H2,17,18,19,20,21). The number of nitrogens with one attached hydrogen (secondary N) is 3. The maximum Gasteiger partial charge on any atom is 0.451 e. The molecule has 0 aliphatic carbocycles. The van der Waals surface area contributed by atoms with Gasteiger partial charge in [-0.15, -0.1) is 5.10 Å². The normalized spacial score (nSPS) is 11.3. The Morgan fingerprint density at radius 2 is 2.13 bits per heavy atom. The number of rotatable bonds is 6. The topological polar surface area (TPSA) is 99.8 Å². The van der Waals surface area contributed by atoms with Gasteiger partial charge in [0.2, 0.25) is 17.7 Å². The molecule has 0 saturated carbocycles. The second kappa shape index (κ2) is 7.22. The van der Waals surface area contributed by atoms with Crippen LogP contribution in [0.5, 0.6) is 0 Å². The van der Waals surface area contributed by atoms with E-state index in [9.17, 15) is 22.8 Å². The zero-order valence-electron chi connectivity index (χ0n) is 11.6. The number of hydrogen-bond donors (Lipinski definition) is 3. The summed E-state index contributed by atoms with van der Waals surface area (Å²) in [5.74, 6) is -2.50. The van der Waals surface area contributed by atoms with Crippen molar-refractivity contribution in [2.75, 3.05) is 11.9 Å². The summed E-state index contributed by atoms with van der Waals surface area (Å²) in [7, 11) is 0. The van der Waals surface area contributed by atoms with Crippen molar-refractivity contribution in [1.29, 1.82) is 0 Å². The van der Waals surface area contributed by atoms with E-state index in [-0.39, 0.29) is 18.9 Å². The molecule has 124 valence electrons. The number of halogens is 3. The largest absolute Gasteiger partial charge is 0.451 e. The average molecular weight is 347 g/mol. The van der Waals surface area contributed by atoms with Crippen LogP contribution >= 0.6 is 11.3 Å². The molecule has 3 N–H and O–H groups in total. The van der Waals surface area contributed by atoms with Gasteiger partial charge < -0.3 is 5.32 Å². The smallest absolute Gasteiger partial charge is 0.352 e. The highest BCUT2D eigenvalue weighted by Crippen LogP contribution is 2.26. The molecule has 0 aliphatic heterocycles. The van der Waals surface area contributed by atoms with Crippen LogP contribution in [0.15, 0.2) is 16.8 Å². The summed E-state index contributed by atoms with van der Waals surface area (Å²) in [4.78, 5) is 26.3. The molecular formula is C12H12F3N5O2S. The van der Waals surface area contributed by atoms with E-state index in [0.717, 1.165) is 0 Å². The minimum atomic E-state index is -4.65. The fourth-order valence-corrected chi connectivity index (χ4v) is 2.21.